The number of nitrogens with one attached hydrogen (secondary N) is 2. The molecule has 2 heterocycles. The molecule has 0 radical (unpaired) electrons. The molecule has 4 rings (SSSR count). The second-order valence-electron chi connectivity index (χ2n) is 4.98. The van der Waals surface area contributed by atoms with Gasteiger partial charge in [-0.15, -0.1) is 0 Å². The summed E-state index contributed by atoms with van der Waals surface area (Å²) >= 11 is 0. The molecule has 23 heavy (non-hydrogen) atoms. The lowest BCUT2D eigenvalue weighted by Gasteiger charge is -2.10. The molecule has 4 nitrogen and oxygen atoms in total. The van der Waals surface area contributed by atoms with Crippen LogP contribution in [0.5, 0.6) is 0 Å². The molecule has 0 saturated heterocycles. The van der Waals surface area contributed by atoms with E-state index in [9.17, 15) is 13.2 Å². The average Bonchev–Trinajstić information content (AvgIpc) is 2.94. The monoisotopic (exact) mass is 314 g/mol. The molecule has 7 heteroatoms. The molecule has 0 amide bonds. The van der Waals surface area contributed by atoms with Gasteiger partial charge in [0.25, 0.3) is 0 Å². The second kappa shape index (κ2) is 4.98. The van der Waals surface area contributed by atoms with Crippen molar-refractivity contribution >= 4 is 17.2 Å². The summed E-state index contributed by atoms with van der Waals surface area (Å²) in [6, 6.07) is 8.67. The Morgan fingerprint density at radius 3 is 2.57 bits per heavy atom. The van der Waals surface area contributed by atoms with Crippen LogP contribution in [0.2, 0.25) is 0 Å². The lowest BCUT2D eigenvalue weighted by atomic mass is 10.1. The Kier molecular flexibility index (Phi) is 2.94. The Morgan fingerprint density at radius 2 is 1.70 bits per heavy atom. The fourth-order valence-corrected chi connectivity index (χ4v) is 2.51. The first-order valence-corrected chi connectivity index (χ1v) is 6.77. The minimum absolute atomic E-state index is 0.118. The molecule has 0 atom stereocenters. The molecule has 2 aromatic carbocycles. The Bertz CT molecular complexity index is 946. The maximum absolute atomic E-state index is 14.1. The van der Waals surface area contributed by atoms with Crippen molar-refractivity contribution in [3.8, 4) is 11.3 Å². The zero-order valence-corrected chi connectivity index (χ0v) is 11.6. The van der Waals surface area contributed by atoms with Crippen molar-refractivity contribution in [1.29, 1.82) is 0 Å². The van der Waals surface area contributed by atoms with Gasteiger partial charge in [0.2, 0.25) is 0 Å². The SMILES string of the molecule is Fc1ccc(F)c(C2=Nc3ccccc3-c3[nH]ncc3N2)c1F. The van der Waals surface area contributed by atoms with E-state index in [0.29, 0.717) is 17.1 Å². The van der Waals surface area contributed by atoms with Gasteiger partial charge in [0.15, 0.2) is 11.6 Å². The molecule has 0 bridgehead atoms. The van der Waals surface area contributed by atoms with E-state index in [1.165, 1.54) is 6.20 Å². The van der Waals surface area contributed by atoms with E-state index in [2.05, 4.69) is 20.5 Å². The molecule has 0 spiro atoms. The van der Waals surface area contributed by atoms with Gasteiger partial charge in [-0.25, -0.2) is 18.2 Å². The molecule has 1 aromatic heterocycles. The van der Waals surface area contributed by atoms with Gasteiger partial charge >= 0.3 is 0 Å². The summed E-state index contributed by atoms with van der Waals surface area (Å²) in [5, 5.41) is 9.57. The summed E-state index contributed by atoms with van der Waals surface area (Å²) in [7, 11) is 0. The topological polar surface area (TPSA) is 53.1 Å². The number of halogens is 3. The number of nitrogens with zero attached hydrogens (tertiary/aromatic N) is 2. The Morgan fingerprint density at radius 1 is 0.913 bits per heavy atom. The van der Waals surface area contributed by atoms with Crippen LogP contribution in [0.1, 0.15) is 5.56 Å². The number of H-pyrrole nitrogens is 1. The quantitative estimate of drug-likeness (QED) is 0.667. The number of hydrogen-bond acceptors (Lipinski definition) is 3. The standard InChI is InChI=1S/C16H9F3N4/c17-9-5-6-10(18)14(19)13(9)16-21-11-4-2-1-3-8(11)15-12(22-16)7-20-23-15/h1-7H,(H,20,23)(H,21,22). The van der Waals surface area contributed by atoms with Crippen molar-refractivity contribution in [3.05, 3.63) is 65.6 Å². The van der Waals surface area contributed by atoms with Gasteiger partial charge in [-0.2, -0.15) is 5.10 Å². The van der Waals surface area contributed by atoms with E-state index in [4.69, 9.17) is 0 Å². The van der Waals surface area contributed by atoms with Crippen molar-refractivity contribution in [3.63, 3.8) is 0 Å². The molecule has 114 valence electrons. The fourth-order valence-electron chi connectivity index (χ4n) is 2.51. The highest BCUT2D eigenvalue weighted by Crippen LogP contribution is 2.37. The number of aromatic nitrogens is 2. The predicted octanol–water partition coefficient (Wildman–Crippen LogP) is 4.00. The third kappa shape index (κ3) is 2.09. The molecule has 1 aliphatic heterocycles. The zero-order valence-electron chi connectivity index (χ0n) is 11.6. The minimum Gasteiger partial charge on any atom is -0.336 e. The molecule has 3 aromatic rings. The van der Waals surface area contributed by atoms with Crippen LogP contribution in [-0.2, 0) is 0 Å². The van der Waals surface area contributed by atoms with Gasteiger partial charge in [-0.1, -0.05) is 18.2 Å². The van der Waals surface area contributed by atoms with Gasteiger partial charge < -0.3 is 5.32 Å². The van der Waals surface area contributed by atoms with Crippen molar-refractivity contribution in [2.45, 2.75) is 0 Å². The van der Waals surface area contributed by atoms with Crippen LogP contribution in [0.15, 0.2) is 47.6 Å². The summed E-state index contributed by atoms with van der Waals surface area (Å²) < 4.78 is 41.7. The highest BCUT2D eigenvalue weighted by atomic mass is 19.2. The third-order valence-electron chi connectivity index (χ3n) is 3.58. The molecule has 0 unspecified atom stereocenters. The van der Waals surface area contributed by atoms with Crippen LogP contribution in [-0.4, -0.2) is 16.0 Å². The van der Waals surface area contributed by atoms with E-state index in [0.717, 1.165) is 17.7 Å². The highest BCUT2D eigenvalue weighted by molar-refractivity contribution is 6.13. The van der Waals surface area contributed by atoms with Gasteiger partial charge in [0.1, 0.15) is 11.7 Å². The second-order valence-corrected chi connectivity index (χ2v) is 4.98. The van der Waals surface area contributed by atoms with Crippen LogP contribution >= 0.6 is 0 Å². The summed E-state index contributed by atoms with van der Waals surface area (Å²) in [5.41, 5.74) is 1.79. The van der Waals surface area contributed by atoms with Crippen LogP contribution in [0.3, 0.4) is 0 Å². The van der Waals surface area contributed by atoms with Gasteiger partial charge in [-0.3, -0.25) is 5.10 Å². The van der Waals surface area contributed by atoms with Crippen molar-refractivity contribution in [1.82, 2.24) is 10.2 Å². The minimum atomic E-state index is -1.29. The first-order chi connectivity index (χ1) is 11.1. The molecule has 0 fully saturated rings. The number of amidine groups is 1. The van der Waals surface area contributed by atoms with E-state index in [1.807, 2.05) is 6.07 Å². The smallest absolute Gasteiger partial charge is 0.172 e. The van der Waals surface area contributed by atoms with E-state index < -0.39 is 23.0 Å². The first-order valence-electron chi connectivity index (χ1n) is 6.77. The molecule has 0 saturated carbocycles. The largest absolute Gasteiger partial charge is 0.336 e. The lowest BCUT2D eigenvalue weighted by Crippen LogP contribution is -2.17. The number of hydrogen-bond donors (Lipinski definition) is 2. The predicted molar refractivity (Wildman–Crippen MR) is 80.2 cm³/mol. The van der Waals surface area contributed by atoms with Crippen molar-refractivity contribution < 1.29 is 13.2 Å². The average molecular weight is 314 g/mol. The van der Waals surface area contributed by atoms with E-state index in [-0.39, 0.29) is 5.84 Å². The fraction of sp³-hybridized carbons (Fsp3) is 0. The zero-order chi connectivity index (χ0) is 16.0. The molecule has 1 aliphatic rings. The maximum Gasteiger partial charge on any atom is 0.172 e. The normalized spacial score (nSPS) is 12.7. The molecule has 2 N–H and O–H groups in total. The van der Waals surface area contributed by atoms with Gasteiger partial charge in [0, 0.05) is 5.56 Å². The molecular formula is C16H9F3N4. The molecule has 0 aliphatic carbocycles. The number of aliphatic imine (C=N–C) groups is 1. The Labute approximate surface area is 128 Å². The Hall–Kier alpha value is -3.09. The van der Waals surface area contributed by atoms with Crippen LogP contribution in [0, 0.1) is 17.5 Å². The maximum atomic E-state index is 14.1. The van der Waals surface area contributed by atoms with Crippen molar-refractivity contribution in [2.75, 3.05) is 5.32 Å². The van der Waals surface area contributed by atoms with Gasteiger partial charge in [-0.05, 0) is 18.2 Å². The van der Waals surface area contributed by atoms with Crippen LogP contribution < -0.4 is 5.32 Å². The number of para-hydroxylation sites is 1. The summed E-state index contributed by atoms with van der Waals surface area (Å²) in [6.07, 6.45) is 1.47. The van der Waals surface area contributed by atoms with E-state index in [1.54, 1.807) is 18.2 Å². The highest BCUT2D eigenvalue weighted by Gasteiger charge is 2.24. The first kappa shape index (κ1) is 13.6. The summed E-state index contributed by atoms with van der Waals surface area (Å²) in [4.78, 5) is 4.27. The molecular weight excluding hydrogens is 305 g/mol. The Balaban J connectivity index is 1.99. The third-order valence-corrected chi connectivity index (χ3v) is 3.58. The van der Waals surface area contributed by atoms with E-state index >= 15 is 0 Å². The lowest BCUT2D eigenvalue weighted by molar-refractivity contribution is 0.492. The van der Waals surface area contributed by atoms with Crippen LogP contribution in [0.4, 0.5) is 24.5 Å². The number of anilines is 1. The van der Waals surface area contributed by atoms with Crippen molar-refractivity contribution in [2.24, 2.45) is 4.99 Å². The van der Waals surface area contributed by atoms with Crippen LogP contribution in [0.25, 0.3) is 11.3 Å². The number of rotatable bonds is 1. The number of aromatic amines is 1. The summed E-state index contributed by atoms with van der Waals surface area (Å²) in [6.45, 7) is 0. The van der Waals surface area contributed by atoms with Gasteiger partial charge in [0.05, 0.1) is 28.8 Å². The summed E-state index contributed by atoms with van der Waals surface area (Å²) in [5.74, 6) is -3.46. The number of benzene rings is 2. The number of fused-ring (bicyclic) bond motifs is 3.